The summed E-state index contributed by atoms with van der Waals surface area (Å²) in [7, 11) is 1.55. The molecule has 3 amide bonds. The predicted octanol–water partition coefficient (Wildman–Crippen LogP) is 1.51. The second-order valence-electron chi connectivity index (χ2n) is 6.84. The van der Waals surface area contributed by atoms with Crippen LogP contribution < -0.4 is 16.4 Å². The normalized spacial score (nSPS) is 11.7. The van der Waals surface area contributed by atoms with Gasteiger partial charge >= 0.3 is 0 Å². The van der Waals surface area contributed by atoms with Gasteiger partial charge < -0.3 is 20.9 Å². The van der Waals surface area contributed by atoms with Crippen molar-refractivity contribution in [3.8, 4) is 0 Å². The minimum absolute atomic E-state index is 0.0251. The summed E-state index contributed by atoms with van der Waals surface area (Å²) < 4.78 is 14.9. The molecule has 0 fully saturated rings. The summed E-state index contributed by atoms with van der Waals surface area (Å²) in [6, 6.07) is 3.15. The smallest absolute Gasteiger partial charge is 0.294 e. The molecule has 9 heteroatoms. The van der Waals surface area contributed by atoms with E-state index in [0.717, 1.165) is 0 Å². The van der Waals surface area contributed by atoms with Gasteiger partial charge in [-0.25, -0.2) is 4.39 Å². The highest BCUT2D eigenvalue weighted by molar-refractivity contribution is 6.43. The van der Waals surface area contributed by atoms with E-state index in [1.54, 1.807) is 27.8 Å². The third kappa shape index (κ3) is 4.34. The number of amides is 3. The van der Waals surface area contributed by atoms with E-state index in [4.69, 9.17) is 5.73 Å². The molecule has 0 bridgehead atoms. The number of aryl methyl sites for hydroxylation is 1. The fraction of sp³-hybridized carbons (Fsp3) is 0.300. The fourth-order valence-electron chi connectivity index (χ4n) is 2.99. The SMILES string of the molecule is Cc1cc(NC(=O)c2c(C)c(C(=O)C(=O)N[C@H](C)C(N)=O)n(C)c2C)ccc1F. The number of nitrogens with two attached hydrogens (primary N) is 1. The highest BCUT2D eigenvalue weighted by Crippen LogP contribution is 2.23. The maximum atomic E-state index is 13.4. The Labute approximate surface area is 167 Å². The van der Waals surface area contributed by atoms with Gasteiger partial charge in [0.05, 0.1) is 11.3 Å². The Morgan fingerprint density at radius 2 is 1.76 bits per heavy atom. The number of hydrogen-bond donors (Lipinski definition) is 3. The first-order valence-corrected chi connectivity index (χ1v) is 8.83. The quantitative estimate of drug-likeness (QED) is 0.501. The molecular formula is C20H23FN4O4. The Morgan fingerprint density at radius 1 is 1.14 bits per heavy atom. The number of carbonyl (C=O) groups excluding carboxylic acids is 4. The molecule has 1 aromatic carbocycles. The van der Waals surface area contributed by atoms with Crippen LogP contribution >= 0.6 is 0 Å². The molecule has 1 heterocycles. The monoisotopic (exact) mass is 402 g/mol. The molecule has 8 nitrogen and oxygen atoms in total. The van der Waals surface area contributed by atoms with Crippen LogP contribution in [0, 0.1) is 26.6 Å². The van der Waals surface area contributed by atoms with Gasteiger partial charge in [-0.1, -0.05) is 0 Å². The number of Topliss-reactive ketones (excluding diaryl/α,β-unsaturated/α-hetero) is 1. The van der Waals surface area contributed by atoms with E-state index in [-0.39, 0.29) is 17.1 Å². The largest absolute Gasteiger partial charge is 0.368 e. The van der Waals surface area contributed by atoms with E-state index in [9.17, 15) is 23.6 Å². The minimum Gasteiger partial charge on any atom is -0.368 e. The first-order valence-electron chi connectivity index (χ1n) is 8.83. The average Bonchev–Trinajstić information content (AvgIpc) is 2.86. The Balaban J connectivity index is 2.35. The summed E-state index contributed by atoms with van der Waals surface area (Å²) in [5.41, 5.74) is 6.91. The zero-order chi connectivity index (χ0) is 22.0. The molecule has 0 unspecified atom stereocenters. The van der Waals surface area contributed by atoms with Gasteiger partial charge in [0, 0.05) is 18.4 Å². The number of aromatic nitrogens is 1. The van der Waals surface area contributed by atoms with Gasteiger partial charge in [0.2, 0.25) is 5.91 Å². The van der Waals surface area contributed by atoms with Crippen molar-refractivity contribution in [3.05, 3.63) is 52.1 Å². The highest BCUT2D eigenvalue weighted by Gasteiger charge is 2.29. The van der Waals surface area contributed by atoms with Crippen molar-refractivity contribution in [2.45, 2.75) is 33.7 Å². The number of rotatable bonds is 6. The van der Waals surface area contributed by atoms with Crippen LogP contribution in [0.15, 0.2) is 18.2 Å². The molecule has 0 aliphatic carbocycles. The van der Waals surface area contributed by atoms with Gasteiger partial charge in [0.15, 0.2) is 0 Å². The van der Waals surface area contributed by atoms with Crippen molar-refractivity contribution < 1.29 is 23.6 Å². The molecule has 2 aromatic rings. The third-order valence-corrected chi connectivity index (χ3v) is 4.77. The van der Waals surface area contributed by atoms with Crippen molar-refractivity contribution in [1.82, 2.24) is 9.88 Å². The molecule has 2 rings (SSSR count). The van der Waals surface area contributed by atoms with Gasteiger partial charge in [-0.3, -0.25) is 19.2 Å². The minimum atomic E-state index is -1.02. The zero-order valence-electron chi connectivity index (χ0n) is 16.8. The van der Waals surface area contributed by atoms with Gasteiger partial charge in [0.1, 0.15) is 11.9 Å². The maximum Gasteiger partial charge on any atom is 0.294 e. The number of benzene rings is 1. The lowest BCUT2D eigenvalue weighted by Crippen LogP contribution is -2.45. The number of hydrogen-bond acceptors (Lipinski definition) is 4. The maximum absolute atomic E-state index is 13.4. The first-order chi connectivity index (χ1) is 13.5. The first kappa shape index (κ1) is 21.8. The molecular weight excluding hydrogens is 379 g/mol. The molecule has 0 aliphatic heterocycles. The number of nitrogens with one attached hydrogen (secondary N) is 2. The summed E-state index contributed by atoms with van der Waals surface area (Å²) in [6.45, 7) is 6.13. The molecule has 4 N–H and O–H groups in total. The van der Waals surface area contributed by atoms with Crippen LogP contribution in [0.5, 0.6) is 0 Å². The molecule has 0 spiro atoms. The van der Waals surface area contributed by atoms with E-state index in [1.807, 2.05) is 0 Å². The number of carbonyl (C=O) groups is 4. The lowest BCUT2D eigenvalue weighted by molar-refractivity contribution is -0.124. The Kier molecular flexibility index (Phi) is 6.21. The van der Waals surface area contributed by atoms with E-state index < -0.39 is 29.5 Å². The molecule has 0 saturated carbocycles. The second kappa shape index (κ2) is 8.26. The molecule has 0 radical (unpaired) electrons. The summed E-state index contributed by atoms with van der Waals surface area (Å²) in [4.78, 5) is 48.7. The summed E-state index contributed by atoms with van der Waals surface area (Å²) in [6.07, 6.45) is 0. The number of halogens is 1. The molecule has 1 aromatic heterocycles. The lowest BCUT2D eigenvalue weighted by Gasteiger charge is -2.10. The van der Waals surface area contributed by atoms with Crippen LogP contribution in [0.4, 0.5) is 10.1 Å². The Bertz CT molecular complexity index is 1030. The van der Waals surface area contributed by atoms with Crippen molar-refractivity contribution in [3.63, 3.8) is 0 Å². The second-order valence-corrected chi connectivity index (χ2v) is 6.84. The van der Waals surface area contributed by atoms with Crippen molar-refractivity contribution in [2.24, 2.45) is 12.8 Å². The summed E-state index contributed by atoms with van der Waals surface area (Å²) >= 11 is 0. The summed E-state index contributed by atoms with van der Waals surface area (Å²) in [5, 5.41) is 4.90. The van der Waals surface area contributed by atoms with E-state index in [1.165, 1.54) is 29.7 Å². The number of anilines is 1. The number of ketones is 1. The van der Waals surface area contributed by atoms with Crippen molar-refractivity contribution >= 4 is 29.2 Å². The fourth-order valence-corrected chi connectivity index (χ4v) is 2.99. The van der Waals surface area contributed by atoms with Crippen LogP contribution in [-0.2, 0) is 16.6 Å². The van der Waals surface area contributed by atoms with E-state index in [2.05, 4.69) is 10.6 Å². The zero-order valence-corrected chi connectivity index (χ0v) is 16.8. The van der Waals surface area contributed by atoms with Gasteiger partial charge in [0.25, 0.3) is 17.6 Å². The molecule has 1 atom stereocenters. The third-order valence-electron chi connectivity index (χ3n) is 4.77. The van der Waals surface area contributed by atoms with Crippen LogP contribution in [0.1, 0.15) is 44.6 Å². The molecule has 0 saturated heterocycles. The lowest BCUT2D eigenvalue weighted by atomic mass is 10.1. The standard InChI is InChI=1S/C20H23FN4O4/c1-9-8-13(6-7-14(9)21)24-19(28)15-10(2)16(25(5)12(15)4)17(26)20(29)23-11(3)18(22)27/h6-8,11H,1-5H3,(H2,22,27)(H,23,29)(H,24,28)/t11-/m1/s1. The van der Waals surface area contributed by atoms with Crippen molar-refractivity contribution in [2.75, 3.05) is 5.32 Å². The Morgan fingerprint density at radius 3 is 2.31 bits per heavy atom. The van der Waals surface area contributed by atoms with Crippen LogP contribution in [0.2, 0.25) is 0 Å². The van der Waals surface area contributed by atoms with E-state index >= 15 is 0 Å². The molecule has 0 aliphatic rings. The van der Waals surface area contributed by atoms with Crippen LogP contribution in [0.25, 0.3) is 0 Å². The highest BCUT2D eigenvalue weighted by atomic mass is 19.1. The number of nitrogens with zero attached hydrogens (tertiary/aromatic N) is 1. The predicted molar refractivity (Wildman–Crippen MR) is 105 cm³/mol. The van der Waals surface area contributed by atoms with Crippen LogP contribution in [-0.4, -0.2) is 34.1 Å². The van der Waals surface area contributed by atoms with Crippen molar-refractivity contribution in [1.29, 1.82) is 0 Å². The average molecular weight is 402 g/mol. The van der Waals surface area contributed by atoms with E-state index in [0.29, 0.717) is 22.5 Å². The van der Waals surface area contributed by atoms with Gasteiger partial charge in [-0.2, -0.15) is 0 Å². The Hall–Kier alpha value is -3.49. The summed E-state index contributed by atoms with van der Waals surface area (Å²) in [5.74, 6) is -3.55. The molecule has 29 heavy (non-hydrogen) atoms. The van der Waals surface area contributed by atoms with Crippen LogP contribution in [0.3, 0.4) is 0 Å². The number of primary amides is 1. The molecule has 154 valence electrons. The topological polar surface area (TPSA) is 123 Å². The van der Waals surface area contributed by atoms with Gasteiger partial charge in [-0.05, 0) is 57.0 Å². The van der Waals surface area contributed by atoms with Gasteiger partial charge in [-0.15, -0.1) is 0 Å².